The highest BCUT2D eigenvalue weighted by Gasteiger charge is 2.13. The maximum absolute atomic E-state index is 12.3. The van der Waals surface area contributed by atoms with Crippen LogP contribution in [0, 0.1) is 17.5 Å². The van der Waals surface area contributed by atoms with E-state index in [1.807, 2.05) is 0 Å². The minimum absolute atomic E-state index is 0.417. The molecule has 1 fully saturated rings. The second kappa shape index (κ2) is 7.00. The van der Waals surface area contributed by atoms with Gasteiger partial charge >= 0.3 is 5.97 Å². The summed E-state index contributed by atoms with van der Waals surface area (Å²) in [6.07, 6.45) is 4.22. The molecule has 1 aromatic rings. The molecule has 0 unspecified atom stereocenters. The van der Waals surface area contributed by atoms with Crippen LogP contribution in [0.4, 0.5) is 13.2 Å². The first-order valence-corrected chi connectivity index (χ1v) is 5.61. The van der Waals surface area contributed by atoms with E-state index >= 15 is 0 Å². The Labute approximate surface area is 103 Å². The molecule has 1 aliphatic rings. The number of rotatable bonds is 1. The highest BCUT2D eigenvalue weighted by molar-refractivity contribution is 5.87. The predicted octanol–water partition coefficient (Wildman–Crippen LogP) is 2.56. The number of halogens is 3. The van der Waals surface area contributed by atoms with Gasteiger partial charge in [-0.2, -0.15) is 0 Å². The standard InChI is InChI=1S/C7H3F3O2.C5H11N/c8-4-1-3(7(11)12)2-5(9)6(4)10;1-2-4-6-5-3-1/h1-2H,(H,11,12);6H,1-5H2. The molecular weight excluding hydrogens is 247 g/mol. The van der Waals surface area contributed by atoms with Crippen molar-refractivity contribution in [2.45, 2.75) is 19.3 Å². The Kier molecular flexibility index (Phi) is 5.64. The summed E-state index contributed by atoms with van der Waals surface area (Å²) in [5.74, 6) is -6.19. The number of hydrogen-bond acceptors (Lipinski definition) is 2. The third-order valence-electron chi connectivity index (χ3n) is 2.44. The Balaban J connectivity index is 0.000000225. The molecule has 0 amide bonds. The van der Waals surface area contributed by atoms with Gasteiger partial charge in [-0.3, -0.25) is 0 Å². The van der Waals surface area contributed by atoms with Gasteiger partial charge in [0.25, 0.3) is 0 Å². The van der Waals surface area contributed by atoms with E-state index in [0.29, 0.717) is 12.1 Å². The van der Waals surface area contributed by atoms with E-state index in [4.69, 9.17) is 5.11 Å². The van der Waals surface area contributed by atoms with Crippen LogP contribution in [0.15, 0.2) is 12.1 Å². The SMILES string of the molecule is C1CCNCC1.O=C(O)c1cc(F)c(F)c(F)c1. The van der Waals surface area contributed by atoms with Crippen LogP contribution in [0.5, 0.6) is 0 Å². The van der Waals surface area contributed by atoms with Gasteiger partial charge < -0.3 is 10.4 Å². The van der Waals surface area contributed by atoms with Gasteiger partial charge in [-0.1, -0.05) is 6.42 Å². The molecule has 3 nitrogen and oxygen atoms in total. The van der Waals surface area contributed by atoms with E-state index < -0.39 is 29.0 Å². The van der Waals surface area contributed by atoms with E-state index in [1.54, 1.807) is 0 Å². The predicted molar refractivity (Wildman–Crippen MR) is 60.0 cm³/mol. The van der Waals surface area contributed by atoms with Crippen molar-refractivity contribution in [3.05, 3.63) is 35.1 Å². The zero-order chi connectivity index (χ0) is 13.5. The topological polar surface area (TPSA) is 49.3 Å². The van der Waals surface area contributed by atoms with Gasteiger partial charge in [-0.05, 0) is 38.1 Å². The molecule has 0 saturated carbocycles. The van der Waals surface area contributed by atoms with Crippen molar-refractivity contribution in [2.24, 2.45) is 0 Å². The molecule has 6 heteroatoms. The van der Waals surface area contributed by atoms with E-state index in [9.17, 15) is 18.0 Å². The van der Waals surface area contributed by atoms with Crippen molar-refractivity contribution in [2.75, 3.05) is 13.1 Å². The summed E-state index contributed by atoms with van der Waals surface area (Å²) >= 11 is 0. The lowest BCUT2D eigenvalue weighted by Gasteiger charge is -2.08. The van der Waals surface area contributed by atoms with Crippen LogP contribution in [0.25, 0.3) is 0 Å². The molecule has 1 heterocycles. The van der Waals surface area contributed by atoms with Gasteiger partial charge in [0.2, 0.25) is 0 Å². The number of carboxylic acids is 1. The molecule has 100 valence electrons. The number of nitrogens with one attached hydrogen (secondary N) is 1. The molecule has 0 atom stereocenters. The second-order valence-electron chi connectivity index (χ2n) is 3.87. The molecule has 1 aromatic carbocycles. The zero-order valence-corrected chi connectivity index (χ0v) is 9.68. The van der Waals surface area contributed by atoms with Crippen molar-refractivity contribution in [1.82, 2.24) is 5.32 Å². The van der Waals surface area contributed by atoms with Crippen LogP contribution in [0.1, 0.15) is 29.6 Å². The molecule has 1 saturated heterocycles. The first-order valence-electron chi connectivity index (χ1n) is 5.61. The molecule has 0 bridgehead atoms. The molecule has 0 aromatic heterocycles. The van der Waals surface area contributed by atoms with Crippen molar-refractivity contribution in [3.63, 3.8) is 0 Å². The quantitative estimate of drug-likeness (QED) is 0.764. The van der Waals surface area contributed by atoms with Gasteiger partial charge in [-0.15, -0.1) is 0 Å². The summed E-state index contributed by atoms with van der Waals surface area (Å²) < 4.78 is 36.9. The van der Waals surface area contributed by atoms with Gasteiger partial charge in [0.05, 0.1) is 5.56 Å². The van der Waals surface area contributed by atoms with Crippen molar-refractivity contribution in [1.29, 1.82) is 0 Å². The van der Waals surface area contributed by atoms with Crippen molar-refractivity contribution < 1.29 is 23.1 Å². The third-order valence-corrected chi connectivity index (χ3v) is 2.44. The molecule has 18 heavy (non-hydrogen) atoms. The fraction of sp³-hybridized carbons (Fsp3) is 0.417. The molecular formula is C12H14F3NO2. The number of benzene rings is 1. The maximum atomic E-state index is 12.3. The smallest absolute Gasteiger partial charge is 0.335 e. The fourth-order valence-corrected chi connectivity index (χ4v) is 1.48. The number of hydrogen-bond donors (Lipinski definition) is 2. The summed E-state index contributed by atoms with van der Waals surface area (Å²) in [6.45, 7) is 2.50. The molecule has 2 N–H and O–H groups in total. The molecule has 1 aliphatic heterocycles. The Bertz CT molecular complexity index is 385. The monoisotopic (exact) mass is 261 g/mol. The lowest BCUT2D eigenvalue weighted by Crippen LogP contribution is -2.21. The van der Waals surface area contributed by atoms with Crippen LogP contribution in [-0.2, 0) is 0 Å². The number of carboxylic acid groups (broad SMARTS) is 1. The highest BCUT2D eigenvalue weighted by Crippen LogP contribution is 2.13. The largest absolute Gasteiger partial charge is 0.478 e. The Morgan fingerprint density at radius 2 is 1.56 bits per heavy atom. The summed E-state index contributed by atoms with van der Waals surface area (Å²) in [5, 5.41) is 11.6. The van der Waals surface area contributed by atoms with Crippen LogP contribution < -0.4 is 5.32 Å². The average Bonchev–Trinajstić information content (AvgIpc) is 2.38. The zero-order valence-electron chi connectivity index (χ0n) is 9.68. The van der Waals surface area contributed by atoms with Gasteiger partial charge in [-0.25, -0.2) is 18.0 Å². The third kappa shape index (κ3) is 4.37. The second-order valence-corrected chi connectivity index (χ2v) is 3.87. The van der Waals surface area contributed by atoms with E-state index in [0.717, 1.165) is 0 Å². The van der Waals surface area contributed by atoms with Crippen LogP contribution in [0.2, 0.25) is 0 Å². The average molecular weight is 261 g/mol. The lowest BCUT2D eigenvalue weighted by molar-refractivity contribution is 0.0695. The number of aromatic carboxylic acids is 1. The lowest BCUT2D eigenvalue weighted by atomic mass is 10.2. The highest BCUT2D eigenvalue weighted by atomic mass is 19.2. The summed E-state index contributed by atoms with van der Waals surface area (Å²) in [5.41, 5.74) is -0.619. The van der Waals surface area contributed by atoms with E-state index in [2.05, 4.69) is 5.32 Å². The molecule has 0 spiro atoms. The van der Waals surface area contributed by atoms with E-state index in [-0.39, 0.29) is 0 Å². The first-order chi connectivity index (χ1) is 8.52. The van der Waals surface area contributed by atoms with Crippen LogP contribution >= 0.6 is 0 Å². The maximum Gasteiger partial charge on any atom is 0.335 e. The van der Waals surface area contributed by atoms with Crippen LogP contribution in [-0.4, -0.2) is 24.2 Å². The minimum Gasteiger partial charge on any atom is -0.478 e. The fourth-order valence-electron chi connectivity index (χ4n) is 1.48. The molecule has 0 aliphatic carbocycles. The summed E-state index contributed by atoms with van der Waals surface area (Å²) in [7, 11) is 0. The first kappa shape index (κ1) is 14.5. The number of carbonyl (C=O) groups is 1. The minimum atomic E-state index is -1.67. The van der Waals surface area contributed by atoms with Gasteiger partial charge in [0, 0.05) is 0 Å². The Morgan fingerprint density at radius 3 is 1.83 bits per heavy atom. The Hall–Kier alpha value is -1.56. The van der Waals surface area contributed by atoms with Crippen LogP contribution in [0.3, 0.4) is 0 Å². The van der Waals surface area contributed by atoms with E-state index in [1.165, 1.54) is 32.4 Å². The van der Waals surface area contributed by atoms with Crippen molar-refractivity contribution in [3.8, 4) is 0 Å². The van der Waals surface area contributed by atoms with Gasteiger partial charge in [0.1, 0.15) is 0 Å². The molecule has 0 radical (unpaired) electrons. The van der Waals surface area contributed by atoms with Gasteiger partial charge in [0.15, 0.2) is 17.5 Å². The number of piperidine rings is 1. The summed E-state index contributed by atoms with van der Waals surface area (Å²) in [4.78, 5) is 10.2. The Morgan fingerprint density at radius 1 is 1.06 bits per heavy atom. The summed E-state index contributed by atoms with van der Waals surface area (Å²) in [6, 6.07) is 0.835. The van der Waals surface area contributed by atoms with Crippen molar-refractivity contribution >= 4 is 5.97 Å². The molecule has 2 rings (SSSR count). The normalized spacial score (nSPS) is 14.6.